The van der Waals surface area contributed by atoms with E-state index in [0.717, 1.165) is 30.4 Å². The molecule has 1 rings (SSSR count). The van der Waals surface area contributed by atoms with Crippen LogP contribution in [0.25, 0.3) is 6.08 Å². The van der Waals surface area contributed by atoms with E-state index in [4.69, 9.17) is 5.11 Å². The Morgan fingerprint density at radius 3 is 2.55 bits per heavy atom. The molecule has 0 saturated carbocycles. The number of aryl methyl sites for hydroxylation is 1. The highest BCUT2D eigenvalue weighted by molar-refractivity contribution is 6.37. The summed E-state index contributed by atoms with van der Waals surface area (Å²) in [7, 11) is 0. The molecule has 20 heavy (non-hydrogen) atoms. The first kappa shape index (κ1) is 15.8. The zero-order valence-corrected chi connectivity index (χ0v) is 11.5. The van der Waals surface area contributed by atoms with E-state index in [1.54, 1.807) is 6.08 Å². The maximum Gasteiger partial charge on any atom is 0.372 e. The van der Waals surface area contributed by atoms with E-state index in [1.165, 1.54) is 6.08 Å². The second kappa shape index (κ2) is 8.04. The standard InChI is InChI=1S/C16H18O4/c1-2-3-6-12-7-4-5-8-13(12)9-10-14(17)11-15(18)16(19)20/h4-5,7-10H,2-3,6,11H2,1H3,(H,19,20). The lowest BCUT2D eigenvalue weighted by molar-refractivity contribution is -0.149. The summed E-state index contributed by atoms with van der Waals surface area (Å²) < 4.78 is 0. The summed E-state index contributed by atoms with van der Waals surface area (Å²) in [6, 6.07) is 7.72. The number of allylic oxidation sites excluding steroid dienone is 1. The minimum absolute atomic E-state index is 0.498. The minimum Gasteiger partial charge on any atom is -0.475 e. The van der Waals surface area contributed by atoms with Crippen LogP contribution in [0.2, 0.25) is 0 Å². The molecule has 0 aromatic heterocycles. The molecule has 0 heterocycles. The molecule has 0 unspecified atom stereocenters. The number of carbonyl (C=O) groups excluding carboxylic acids is 2. The van der Waals surface area contributed by atoms with Gasteiger partial charge >= 0.3 is 5.97 Å². The highest BCUT2D eigenvalue weighted by atomic mass is 16.4. The van der Waals surface area contributed by atoms with Crippen LogP contribution in [0.3, 0.4) is 0 Å². The van der Waals surface area contributed by atoms with Crippen molar-refractivity contribution < 1.29 is 19.5 Å². The Morgan fingerprint density at radius 1 is 1.20 bits per heavy atom. The average Bonchev–Trinajstić information content (AvgIpc) is 2.43. The molecule has 1 aromatic carbocycles. The number of Topliss-reactive ketones (excluding diaryl/α,β-unsaturated/α-hetero) is 1. The third-order valence-corrected chi connectivity index (χ3v) is 2.88. The van der Waals surface area contributed by atoms with Crippen LogP contribution in [0.4, 0.5) is 0 Å². The highest BCUT2D eigenvalue weighted by Crippen LogP contribution is 2.14. The number of carboxylic acids is 1. The summed E-state index contributed by atoms with van der Waals surface area (Å²) >= 11 is 0. The molecule has 0 fully saturated rings. The van der Waals surface area contributed by atoms with E-state index in [9.17, 15) is 14.4 Å². The van der Waals surface area contributed by atoms with Crippen LogP contribution in [-0.2, 0) is 20.8 Å². The molecule has 0 saturated heterocycles. The Hall–Kier alpha value is -2.23. The Bertz CT molecular complexity index is 529. The van der Waals surface area contributed by atoms with Gasteiger partial charge < -0.3 is 5.11 Å². The monoisotopic (exact) mass is 274 g/mol. The summed E-state index contributed by atoms with van der Waals surface area (Å²) in [5.74, 6) is -3.16. The molecule has 4 nitrogen and oxygen atoms in total. The van der Waals surface area contributed by atoms with E-state index in [-0.39, 0.29) is 0 Å². The van der Waals surface area contributed by atoms with Gasteiger partial charge in [-0.2, -0.15) is 0 Å². The summed E-state index contributed by atoms with van der Waals surface area (Å²) in [6.45, 7) is 2.11. The van der Waals surface area contributed by atoms with Crippen molar-refractivity contribution in [1.82, 2.24) is 0 Å². The van der Waals surface area contributed by atoms with E-state index in [1.807, 2.05) is 24.3 Å². The molecule has 0 aliphatic carbocycles. The summed E-state index contributed by atoms with van der Waals surface area (Å²) in [5, 5.41) is 8.43. The lowest BCUT2D eigenvalue weighted by atomic mass is 10.0. The molecular weight excluding hydrogens is 256 g/mol. The first-order chi connectivity index (χ1) is 9.54. The second-order valence-corrected chi connectivity index (χ2v) is 4.51. The van der Waals surface area contributed by atoms with Crippen molar-refractivity contribution in [2.24, 2.45) is 0 Å². The van der Waals surface area contributed by atoms with E-state index >= 15 is 0 Å². The van der Waals surface area contributed by atoms with Crippen LogP contribution in [0, 0.1) is 0 Å². The van der Waals surface area contributed by atoms with Crippen LogP contribution in [0.15, 0.2) is 30.3 Å². The van der Waals surface area contributed by atoms with Gasteiger partial charge in [-0.15, -0.1) is 0 Å². The Balaban J connectivity index is 2.72. The number of rotatable bonds is 8. The number of benzene rings is 1. The van der Waals surface area contributed by atoms with Gasteiger partial charge in [0.2, 0.25) is 5.78 Å². The van der Waals surface area contributed by atoms with Gasteiger partial charge in [0.25, 0.3) is 0 Å². The van der Waals surface area contributed by atoms with Crippen molar-refractivity contribution in [3.8, 4) is 0 Å². The molecule has 0 spiro atoms. The van der Waals surface area contributed by atoms with Crippen LogP contribution < -0.4 is 0 Å². The van der Waals surface area contributed by atoms with Crippen LogP contribution in [0.5, 0.6) is 0 Å². The Morgan fingerprint density at radius 2 is 1.90 bits per heavy atom. The number of ketones is 2. The predicted octanol–water partition coefficient (Wildman–Crippen LogP) is 2.66. The van der Waals surface area contributed by atoms with Gasteiger partial charge in [-0.1, -0.05) is 43.7 Å². The van der Waals surface area contributed by atoms with Gasteiger partial charge in [-0.3, -0.25) is 9.59 Å². The van der Waals surface area contributed by atoms with Gasteiger partial charge in [0.1, 0.15) is 0 Å². The third-order valence-electron chi connectivity index (χ3n) is 2.88. The lowest BCUT2D eigenvalue weighted by Gasteiger charge is -2.04. The molecule has 0 aliphatic heterocycles. The first-order valence-electron chi connectivity index (χ1n) is 6.59. The Kier molecular flexibility index (Phi) is 6.37. The van der Waals surface area contributed by atoms with E-state index in [2.05, 4.69) is 6.92 Å². The predicted molar refractivity (Wildman–Crippen MR) is 76.4 cm³/mol. The topological polar surface area (TPSA) is 71.4 Å². The summed E-state index contributed by atoms with van der Waals surface area (Å²) in [6.07, 6.45) is 5.40. The highest BCUT2D eigenvalue weighted by Gasteiger charge is 2.14. The molecular formula is C16H18O4. The number of unbranched alkanes of at least 4 members (excludes halogenated alkanes) is 1. The maximum absolute atomic E-state index is 11.5. The van der Waals surface area contributed by atoms with Crippen molar-refractivity contribution >= 4 is 23.6 Å². The molecule has 1 N–H and O–H groups in total. The zero-order valence-electron chi connectivity index (χ0n) is 11.5. The van der Waals surface area contributed by atoms with Crippen LogP contribution in [-0.4, -0.2) is 22.6 Å². The number of hydrogen-bond donors (Lipinski definition) is 1. The molecule has 4 heteroatoms. The largest absolute Gasteiger partial charge is 0.475 e. The van der Waals surface area contributed by atoms with Gasteiger partial charge in [0.15, 0.2) is 5.78 Å². The smallest absolute Gasteiger partial charge is 0.372 e. The van der Waals surface area contributed by atoms with Crippen LogP contribution in [0.1, 0.15) is 37.3 Å². The van der Waals surface area contributed by atoms with Gasteiger partial charge in [0.05, 0.1) is 6.42 Å². The van der Waals surface area contributed by atoms with Gasteiger partial charge in [-0.25, -0.2) is 4.79 Å². The lowest BCUT2D eigenvalue weighted by Crippen LogP contribution is -2.15. The fraction of sp³-hybridized carbons (Fsp3) is 0.312. The second-order valence-electron chi connectivity index (χ2n) is 4.51. The summed E-state index contributed by atoms with van der Waals surface area (Å²) in [4.78, 5) is 32.8. The van der Waals surface area contributed by atoms with E-state index in [0.29, 0.717) is 0 Å². The molecule has 0 amide bonds. The molecule has 0 atom stereocenters. The number of carboxylic acid groups (broad SMARTS) is 1. The number of carbonyl (C=O) groups is 3. The van der Waals surface area contributed by atoms with Crippen LogP contribution >= 0.6 is 0 Å². The van der Waals surface area contributed by atoms with Crippen molar-refractivity contribution in [1.29, 1.82) is 0 Å². The SMILES string of the molecule is CCCCc1ccccc1C=CC(=O)CC(=O)C(=O)O. The average molecular weight is 274 g/mol. The summed E-state index contributed by atoms with van der Waals surface area (Å²) in [5.41, 5.74) is 2.07. The first-order valence-corrected chi connectivity index (χ1v) is 6.59. The number of hydrogen-bond acceptors (Lipinski definition) is 3. The minimum atomic E-state index is -1.57. The van der Waals surface area contributed by atoms with Gasteiger partial charge in [-0.05, 0) is 30.0 Å². The number of aliphatic carboxylic acids is 1. The van der Waals surface area contributed by atoms with Crippen molar-refractivity contribution in [3.63, 3.8) is 0 Å². The molecule has 0 radical (unpaired) electrons. The molecule has 0 bridgehead atoms. The fourth-order valence-electron chi connectivity index (χ4n) is 1.77. The van der Waals surface area contributed by atoms with Crippen molar-refractivity contribution in [2.75, 3.05) is 0 Å². The zero-order chi connectivity index (χ0) is 15.0. The fourth-order valence-corrected chi connectivity index (χ4v) is 1.77. The quantitative estimate of drug-likeness (QED) is 0.449. The van der Waals surface area contributed by atoms with Crippen molar-refractivity contribution in [2.45, 2.75) is 32.6 Å². The molecule has 106 valence electrons. The van der Waals surface area contributed by atoms with E-state index < -0.39 is 24.0 Å². The van der Waals surface area contributed by atoms with Crippen molar-refractivity contribution in [3.05, 3.63) is 41.5 Å². The third kappa shape index (κ3) is 5.18. The maximum atomic E-state index is 11.5. The van der Waals surface area contributed by atoms with Gasteiger partial charge in [0, 0.05) is 0 Å². The molecule has 0 aliphatic rings. The molecule has 1 aromatic rings. The Labute approximate surface area is 118 Å². The normalized spacial score (nSPS) is 10.7.